The van der Waals surface area contributed by atoms with E-state index in [9.17, 15) is 0 Å². The maximum absolute atomic E-state index is 5.90. The van der Waals surface area contributed by atoms with Crippen LogP contribution in [0.3, 0.4) is 0 Å². The Hall–Kier alpha value is -1.46. The summed E-state index contributed by atoms with van der Waals surface area (Å²) in [6, 6.07) is 8.54. The number of guanidine groups is 1. The highest BCUT2D eigenvalue weighted by molar-refractivity contribution is 14.0. The van der Waals surface area contributed by atoms with Crippen molar-refractivity contribution in [2.24, 2.45) is 4.99 Å². The van der Waals surface area contributed by atoms with Gasteiger partial charge in [0.15, 0.2) is 5.96 Å². The van der Waals surface area contributed by atoms with Crippen LogP contribution in [0.15, 0.2) is 29.3 Å². The van der Waals surface area contributed by atoms with Gasteiger partial charge in [-0.2, -0.15) is 4.37 Å². The first kappa shape index (κ1) is 25.8. The Morgan fingerprint density at radius 3 is 2.52 bits per heavy atom. The molecule has 0 saturated carbocycles. The molecule has 0 radical (unpaired) electrons. The number of hydrogen-bond acceptors (Lipinski definition) is 6. The van der Waals surface area contributed by atoms with Gasteiger partial charge in [0.2, 0.25) is 5.13 Å². The number of halogens is 1. The van der Waals surface area contributed by atoms with Crippen LogP contribution in [-0.2, 0) is 24.3 Å². The first-order valence-corrected chi connectivity index (χ1v) is 11.4. The number of aryl methyl sites for hydroxylation is 1. The summed E-state index contributed by atoms with van der Waals surface area (Å²) in [5.41, 5.74) is 2.28. The third-order valence-corrected chi connectivity index (χ3v) is 5.76. The molecule has 172 valence electrons. The summed E-state index contributed by atoms with van der Waals surface area (Å²) < 4.78 is 10.3. The number of anilines is 1. The monoisotopic (exact) mass is 558 g/mol. The quantitative estimate of drug-likeness (QED) is 0.330. The van der Waals surface area contributed by atoms with E-state index in [1.165, 1.54) is 22.7 Å². The Bertz CT molecular complexity index is 843. The van der Waals surface area contributed by atoms with Crippen LogP contribution in [0.2, 0.25) is 0 Å². The minimum atomic E-state index is -0.134. The first-order valence-electron chi connectivity index (χ1n) is 10.6. The van der Waals surface area contributed by atoms with Crippen molar-refractivity contribution in [3.63, 3.8) is 0 Å². The van der Waals surface area contributed by atoms with E-state index in [1.807, 2.05) is 7.05 Å². The molecule has 1 aromatic carbocycles. The topological polar surface area (TPSA) is 65.9 Å². The third-order valence-electron chi connectivity index (χ3n) is 4.95. The third kappa shape index (κ3) is 7.87. The molecule has 3 rings (SSSR count). The Balaban J connectivity index is 0.00000341. The zero-order chi connectivity index (χ0) is 21.6. The number of benzene rings is 1. The van der Waals surface area contributed by atoms with Crippen LogP contribution in [-0.4, -0.2) is 59.0 Å². The van der Waals surface area contributed by atoms with Gasteiger partial charge >= 0.3 is 0 Å². The van der Waals surface area contributed by atoms with Gasteiger partial charge in [-0.15, -0.1) is 24.0 Å². The summed E-state index contributed by atoms with van der Waals surface area (Å²) in [6.07, 6.45) is 0.885. The molecule has 31 heavy (non-hydrogen) atoms. The summed E-state index contributed by atoms with van der Waals surface area (Å²) in [5, 5.41) is 4.55. The Kier molecular flexibility index (Phi) is 9.95. The van der Waals surface area contributed by atoms with Crippen LogP contribution in [0.4, 0.5) is 5.13 Å². The van der Waals surface area contributed by atoms with Crippen molar-refractivity contribution in [1.82, 2.24) is 19.6 Å². The molecule has 0 unspecified atom stereocenters. The lowest BCUT2D eigenvalue weighted by atomic mass is 10.1. The van der Waals surface area contributed by atoms with Crippen LogP contribution in [0.25, 0.3) is 0 Å². The smallest absolute Gasteiger partial charge is 0.205 e. The molecule has 0 amide bonds. The van der Waals surface area contributed by atoms with E-state index in [2.05, 4.69) is 81.4 Å². The molecule has 0 atom stereocenters. The van der Waals surface area contributed by atoms with Gasteiger partial charge in [0.05, 0.1) is 12.2 Å². The highest BCUT2D eigenvalue weighted by Crippen LogP contribution is 2.19. The van der Waals surface area contributed by atoms with Crippen molar-refractivity contribution >= 4 is 46.6 Å². The lowest BCUT2D eigenvalue weighted by Crippen LogP contribution is -2.52. The lowest BCUT2D eigenvalue weighted by molar-refractivity contribution is -0.0149. The van der Waals surface area contributed by atoms with E-state index < -0.39 is 0 Å². The summed E-state index contributed by atoms with van der Waals surface area (Å²) >= 11 is 1.50. The van der Waals surface area contributed by atoms with Crippen LogP contribution in [0.5, 0.6) is 0 Å². The number of piperazine rings is 1. The van der Waals surface area contributed by atoms with E-state index in [4.69, 9.17) is 4.74 Å². The minimum Gasteiger partial charge on any atom is -0.371 e. The molecular formula is C22H35IN6OS. The lowest BCUT2D eigenvalue weighted by Gasteiger charge is -2.36. The molecule has 1 saturated heterocycles. The molecule has 1 fully saturated rings. The highest BCUT2D eigenvalue weighted by Gasteiger charge is 2.22. The Morgan fingerprint density at radius 2 is 1.90 bits per heavy atom. The fraction of sp³-hybridized carbons (Fsp3) is 0.591. The number of nitrogens with one attached hydrogen (secondary N) is 1. The zero-order valence-corrected chi connectivity index (χ0v) is 22.4. The second-order valence-corrected chi connectivity index (χ2v) is 9.17. The van der Waals surface area contributed by atoms with Crippen molar-refractivity contribution in [3.05, 3.63) is 41.2 Å². The Labute approximate surface area is 207 Å². The molecule has 0 spiro atoms. The molecular weight excluding hydrogens is 523 g/mol. The van der Waals surface area contributed by atoms with Crippen LogP contribution in [0, 0.1) is 0 Å². The molecule has 2 aromatic rings. The summed E-state index contributed by atoms with van der Waals surface area (Å²) in [7, 11) is 1.85. The van der Waals surface area contributed by atoms with Crippen molar-refractivity contribution in [3.8, 4) is 0 Å². The number of nitrogens with zero attached hydrogens (tertiary/aromatic N) is 5. The molecule has 0 bridgehead atoms. The van der Waals surface area contributed by atoms with Gasteiger partial charge < -0.3 is 19.9 Å². The SMILES string of the molecule is CCc1nsc(N2CCN(C(=NC)NCc3cccc(COC(C)(C)C)c3)CC2)n1.I. The van der Waals surface area contributed by atoms with Crippen LogP contribution >= 0.6 is 35.5 Å². The molecule has 9 heteroatoms. The summed E-state index contributed by atoms with van der Waals surface area (Å²) in [5.74, 6) is 1.88. The average molecular weight is 559 g/mol. The second-order valence-electron chi connectivity index (χ2n) is 8.44. The average Bonchev–Trinajstić information content (AvgIpc) is 3.22. The van der Waals surface area contributed by atoms with Crippen molar-refractivity contribution < 1.29 is 4.74 Å². The number of rotatable bonds is 6. The zero-order valence-electron chi connectivity index (χ0n) is 19.2. The molecule has 1 N–H and O–H groups in total. The van der Waals surface area contributed by atoms with E-state index in [0.717, 1.165) is 56.1 Å². The number of aromatic nitrogens is 2. The number of ether oxygens (including phenoxy) is 1. The van der Waals surface area contributed by atoms with Crippen molar-refractivity contribution in [1.29, 1.82) is 0 Å². The molecule has 2 heterocycles. The van der Waals surface area contributed by atoms with E-state index in [1.54, 1.807) is 0 Å². The molecule has 0 aliphatic carbocycles. The van der Waals surface area contributed by atoms with Gasteiger partial charge in [0, 0.05) is 57.7 Å². The molecule has 1 aromatic heterocycles. The van der Waals surface area contributed by atoms with Crippen LogP contribution in [0.1, 0.15) is 44.6 Å². The Morgan fingerprint density at radius 1 is 1.19 bits per heavy atom. The highest BCUT2D eigenvalue weighted by atomic mass is 127. The minimum absolute atomic E-state index is 0. The fourth-order valence-electron chi connectivity index (χ4n) is 3.27. The number of aliphatic imine (C=N–C) groups is 1. The summed E-state index contributed by atoms with van der Waals surface area (Å²) in [6.45, 7) is 13.4. The number of hydrogen-bond donors (Lipinski definition) is 1. The van der Waals surface area contributed by atoms with Gasteiger partial charge in [0.25, 0.3) is 0 Å². The largest absolute Gasteiger partial charge is 0.371 e. The summed E-state index contributed by atoms with van der Waals surface area (Å²) in [4.78, 5) is 13.7. The van der Waals surface area contributed by atoms with Crippen LogP contribution < -0.4 is 10.2 Å². The van der Waals surface area contributed by atoms with Crippen molar-refractivity contribution in [2.75, 3.05) is 38.1 Å². The first-order chi connectivity index (χ1) is 14.4. The predicted octanol–water partition coefficient (Wildman–Crippen LogP) is 3.93. The standard InChI is InChI=1S/C22H34N6OS.HI/c1-6-19-25-21(30-26-19)28-12-10-27(11-13-28)20(23-5)24-15-17-8-7-9-18(14-17)16-29-22(2,3)4;/h7-9,14H,6,10-13,15-16H2,1-5H3,(H,23,24);1H. The molecule has 7 nitrogen and oxygen atoms in total. The fourth-order valence-corrected chi connectivity index (χ4v) is 4.07. The second kappa shape index (κ2) is 12.0. The maximum Gasteiger partial charge on any atom is 0.205 e. The van der Waals surface area contributed by atoms with E-state index in [-0.39, 0.29) is 29.6 Å². The van der Waals surface area contributed by atoms with E-state index in [0.29, 0.717) is 6.61 Å². The van der Waals surface area contributed by atoms with E-state index >= 15 is 0 Å². The normalized spacial score (nSPS) is 15.1. The predicted molar refractivity (Wildman–Crippen MR) is 140 cm³/mol. The van der Waals surface area contributed by atoms with Gasteiger partial charge in [-0.3, -0.25) is 4.99 Å². The molecule has 1 aliphatic heterocycles. The van der Waals surface area contributed by atoms with Gasteiger partial charge in [0.1, 0.15) is 5.82 Å². The maximum atomic E-state index is 5.90. The molecule has 1 aliphatic rings. The van der Waals surface area contributed by atoms with Crippen molar-refractivity contribution in [2.45, 2.75) is 52.9 Å². The van der Waals surface area contributed by atoms with Gasteiger partial charge in [-0.25, -0.2) is 4.98 Å². The van der Waals surface area contributed by atoms with Gasteiger partial charge in [-0.1, -0.05) is 31.2 Å². The van der Waals surface area contributed by atoms with Gasteiger partial charge in [-0.05, 0) is 31.9 Å².